The standard InChI is InChI=1S/C17H23N3O6/c1-11(15(22)19-17(2,3)4)26-14(21)9-10-18-16(23)12-5-7-13(8-6-12)20(24)25/h5-8,11H,9-10H2,1-4H3,(H,18,23)(H,19,22)/t11-/m1/s1. The number of ether oxygens (including phenoxy) is 1. The lowest BCUT2D eigenvalue weighted by Crippen LogP contribution is -2.46. The summed E-state index contributed by atoms with van der Waals surface area (Å²) in [6.45, 7) is 6.92. The maximum absolute atomic E-state index is 11.9. The van der Waals surface area contributed by atoms with Crippen molar-refractivity contribution in [1.29, 1.82) is 0 Å². The highest BCUT2D eigenvalue weighted by Gasteiger charge is 2.22. The number of esters is 1. The van der Waals surface area contributed by atoms with Gasteiger partial charge in [0, 0.05) is 29.8 Å². The van der Waals surface area contributed by atoms with E-state index in [0.717, 1.165) is 0 Å². The molecule has 2 N–H and O–H groups in total. The van der Waals surface area contributed by atoms with Gasteiger partial charge in [-0.05, 0) is 39.8 Å². The first-order valence-corrected chi connectivity index (χ1v) is 8.04. The molecule has 1 atom stereocenters. The van der Waals surface area contributed by atoms with E-state index in [2.05, 4.69) is 10.6 Å². The van der Waals surface area contributed by atoms with Crippen LogP contribution in [0.4, 0.5) is 5.69 Å². The molecule has 0 unspecified atom stereocenters. The fourth-order valence-electron chi connectivity index (χ4n) is 1.90. The Bertz CT molecular complexity index is 679. The van der Waals surface area contributed by atoms with Gasteiger partial charge in [-0.2, -0.15) is 0 Å². The van der Waals surface area contributed by atoms with Crippen LogP contribution in [0.2, 0.25) is 0 Å². The van der Waals surface area contributed by atoms with Crippen LogP contribution in [-0.4, -0.2) is 40.9 Å². The Labute approximate surface area is 151 Å². The summed E-state index contributed by atoms with van der Waals surface area (Å²) in [5.74, 6) is -1.49. The molecule has 0 heterocycles. The lowest BCUT2D eigenvalue weighted by Gasteiger charge is -2.23. The fraction of sp³-hybridized carbons (Fsp3) is 0.471. The van der Waals surface area contributed by atoms with E-state index in [0.29, 0.717) is 0 Å². The normalized spacial score (nSPS) is 12.0. The van der Waals surface area contributed by atoms with Crippen molar-refractivity contribution in [2.75, 3.05) is 6.54 Å². The first-order valence-electron chi connectivity index (χ1n) is 8.04. The molecule has 0 saturated heterocycles. The van der Waals surface area contributed by atoms with E-state index in [-0.39, 0.29) is 24.2 Å². The van der Waals surface area contributed by atoms with Gasteiger partial charge in [0.1, 0.15) is 0 Å². The van der Waals surface area contributed by atoms with Gasteiger partial charge in [0.2, 0.25) is 0 Å². The third-order valence-corrected chi connectivity index (χ3v) is 3.13. The van der Waals surface area contributed by atoms with Crippen molar-refractivity contribution < 1.29 is 24.0 Å². The molecule has 2 amide bonds. The summed E-state index contributed by atoms with van der Waals surface area (Å²) in [5.41, 5.74) is -0.314. The van der Waals surface area contributed by atoms with Crippen LogP contribution in [0.25, 0.3) is 0 Å². The molecule has 26 heavy (non-hydrogen) atoms. The number of nitro groups is 1. The van der Waals surface area contributed by atoms with Crippen molar-refractivity contribution >= 4 is 23.5 Å². The quantitative estimate of drug-likeness (QED) is 0.429. The van der Waals surface area contributed by atoms with Crippen molar-refractivity contribution in [3.05, 3.63) is 39.9 Å². The maximum Gasteiger partial charge on any atom is 0.308 e. The van der Waals surface area contributed by atoms with Gasteiger partial charge in [-0.15, -0.1) is 0 Å². The minimum atomic E-state index is -0.938. The van der Waals surface area contributed by atoms with Gasteiger partial charge < -0.3 is 15.4 Å². The van der Waals surface area contributed by atoms with E-state index in [4.69, 9.17) is 4.74 Å². The van der Waals surface area contributed by atoms with E-state index >= 15 is 0 Å². The summed E-state index contributed by atoms with van der Waals surface area (Å²) >= 11 is 0. The van der Waals surface area contributed by atoms with Crippen LogP contribution >= 0.6 is 0 Å². The second-order valence-electron chi connectivity index (χ2n) is 6.68. The third kappa shape index (κ3) is 7.29. The number of nitrogens with one attached hydrogen (secondary N) is 2. The summed E-state index contributed by atoms with van der Waals surface area (Å²) < 4.78 is 5.01. The van der Waals surface area contributed by atoms with E-state index in [1.165, 1.54) is 31.2 Å². The van der Waals surface area contributed by atoms with Crippen molar-refractivity contribution in [2.24, 2.45) is 0 Å². The third-order valence-electron chi connectivity index (χ3n) is 3.13. The number of benzene rings is 1. The number of nitrogens with zero attached hydrogens (tertiary/aromatic N) is 1. The summed E-state index contributed by atoms with van der Waals surface area (Å²) in [4.78, 5) is 45.5. The highest BCUT2D eigenvalue weighted by Crippen LogP contribution is 2.11. The van der Waals surface area contributed by atoms with Gasteiger partial charge in [-0.3, -0.25) is 24.5 Å². The van der Waals surface area contributed by atoms with Gasteiger partial charge in [0.15, 0.2) is 6.10 Å². The van der Waals surface area contributed by atoms with Crippen LogP contribution in [0.5, 0.6) is 0 Å². The lowest BCUT2D eigenvalue weighted by molar-refractivity contribution is -0.384. The molecule has 9 heteroatoms. The van der Waals surface area contributed by atoms with Crippen LogP contribution in [0.1, 0.15) is 44.5 Å². The molecule has 0 fully saturated rings. The second kappa shape index (κ2) is 8.93. The monoisotopic (exact) mass is 365 g/mol. The van der Waals surface area contributed by atoms with Crippen molar-refractivity contribution in [3.63, 3.8) is 0 Å². The maximum atomic E-state index is 11.9. The average Bonchev–Trinajstić information content (AvgIpc) is 2.53. The van der Waals surface area contributed by atoms with E-state index < -0.39 is 34.3 Å². The van der Waals surface area contributed by atoms with Crippen molar-refractivity contribution in [3.8, 4) is 0 Å². The Morgan fingerprint density at radius 1 is 1.19 bits per heavy atom. The zero-order valence-electron chi connectivity index (χ0n) is 15.2. The molecule has 1 rings (SSSR count). The first-order chi connectivity index (χ1) is 12.0. The number of nitro benzene ring substituents is 1. The van der Waals surface area contributed by atoms with Gasteiger partial charge in [0.25, 0.3) is 17.5 Å². The Balaban J connectivity index is 2.40. The number of hydrogen-bond donors (Lipinski definition) is 2. The van der Waals surface area contributed by atoms with Gasteiger partial charge in [-0.1, -0.05) is 0 Å². The molecule has 0 aliphatic rings. The number of carbonyl (C=O) groups is 3. The van der Waals surface area contributed by atoms with Crippen LogP contribution in [0, 0.1) is 10.1 Å². The van der Waals surface area contributed by atoms with Gasteiger partial charge in [-0.25, -0.2) is 0 Å². The largest absolute Gasteiger partial charge is 0.452 e. The highest BCUT2D eigenvalue weighted by molar-refractivity contribution is 5.94. The predicted molar refractivity (Wildman–Crippen MR) is 93.5 cm³/mol. The lowest BCUT2D eigenvalue weighted by atomic mass is 10.1. The SMILES string of the molecule is C[C@@H](OC(=O)CCNC(=O)c1ccc([N+](=O)[O-])cc1)C(=O)NC(C)(C)C. The van der Waals surface area contributed by atoms with Crippen LogP contribution in [-0.2, 0) is 14.3 Å². The zero-order chi connectivity index (χ0) is 19.9. The zero-order valence-corrected chi connectivity index (χ0v) is 15.2. The van der Waals surface area contributed by atoms with Gasteiger partial charge >= 0.3 is 5.97 Å². The van der Waals surface area contributed by atoms with Crippen molar-refractivity contribution in [2.45, 2.75) is 45.8 Å². The van der Waals surface area contributed by atoms with E-state index in [1.54, 1.807) is 0 Å². The Hall–Kier alpha value is -2.97. The summed E-state index contributed by atoms with van der Waals surface area (Å²) in [5, 5.41) is 15.8. The second-order valence-corrected chi connectivity index (χ2v) is 6.68. The topological polar surface area (TPSA) is 128 Å². The molecule has 0 aliphatic carbocycles. The van der Waals surface area contributed by atoms with Crippen LogP contribution in [0.15, 0.2) is 24.3 Å². The van der Waals surface area contributed by atoms with Crippen LogP contribution < -0.4 is 10.6 Å². The summed E-state index contributed by atoms with van der Waals surface area (Å²) in [6, 6.07) is 5.09. The summed E-state index contributed by atoms with van der Waals surface area (Å²) in [6.07, 6.45) is -1.04. The minimum Gasteiger partial charge on any atom is -0.452 e. The predicted octanol–water partition coefficient (Wildman–Crippen LogP) is 1.56. The average molecular weight is 365 g/mol. The fourth-order valence-corrected chi connectivity index (χ4v) is 1.90. The molecule has 0 aliphatic heterocycles. The Kier molecular flexibility index (Phi) is 7.24. The molecule has 9 nitrogen and oxygen atoms in total. The minimum absolute atomic E-state index is 0.0161. The first kappa shape index (κ1) is 21.1. The summed E-state index contributed by atoms with van der Waals surface area (Å²) in [7, 11) is 0. The number of carbonyl (C=O) groups excluding carboxylic acids is 3. The van der Waals surface area contributed by atoms with E-state index in [9.17, 15) is 24.5 Å². The number of hydrogen-bond acceptors (Lipinski definition) is 6. The number of amides is 2. The van der Waals surface area contributed by atoms with Crippen LogP contribution in [0.3, 0.4) is 0 Å². The van der Waals surface area contributed by atoms with E-state index in [1.807, 2.05) is 20.8 Å². The molecule has 1 aromatic rings. The molecule has 142 valence electrons. The molecule has 0 saturated carbocycles. The molecule has 0 aromatic heterocycles. The molecular formula is C17H23N3O6. The van der Waals surface area contributed by atoms with Crippen molar-refractivity contribution in [1.82, 2.24) is 10.6 Å². The number of rotatable bonds is 7. The number of non-ortho nitro benzene ring substituents is 1. The van der Waals surface area contributed by atoms with Gasteiger partial charge in [0.05, 0.1) is 11.3 Å². The molecule has 0 spiro atoms. The molecule has 0 radical (unpaired) electrons. The Morgan fingerprint density at radius 2 is 1.77 bits per heavy atom. The smallest absolute Gasteiger partial charge is 0.308 e. The Morgan fingerprint density at radius 3 is 2.27 bits per heavy atom. The molecule has 0 bridgehead atoms. The highest BCUT2D eigenvalue weighted by atomic mass is 16.6. The molecule has 1 aromatic carbocycles. The molecular weight excluding hydrogens is 342 g/mol.